The first kappa shape index (κ1) is 35.9. The van der Waals surface area contributed by atoms with E-state index in [9.17, 15) is 10.2 Å². The Balaban J connectivity index is 1.86. The zero-order valence-corrected chi connectivity index (χ0v) is 29.6. The van der Waals surface area contributed by atoms with Crippen LogP contribution in [0.4, 0.5) is 0 Å². The third-order valence-electron chi connectivity index (χ3n) is 7.54. The van der Waals surface area contributed by atoms with E-state index in [1.807, 2.05) is 36.4 Å². The smallest absolute Gasteiger partial charge is 0.261 e. The fraction of sp³-hybridized carbons (Fsp3) is 0.444. The zero-order valence-electron chi connectivity index (χ0n) is 27.6. The summed E-state index contributed by atoms with van der Waals surface area (Å²) in [5, 5.41) is 22.5. The average Bonchev–Trinajstić information content (AvgIpc) is 2.99. The van der Waals surface area contributed by atoms with Gasteiger partial charge in [-0.15, -0.1) is 0 Å². The van der Waals surface area contributed by atoms with Gasteiger partial charge in [0.2, 0.25) is 0 Å². The van der Waals surface area contributed by atoms with Crippen molar-refractivity contribution < 1.29 is 28.5 Å². The number of rotatable bonds is 17. The predicted molar refractivity (Wildman–Crippen MR) is 185 cm³/mol. The summed E-state index contributed by atoms with van der Waals surface area (Å²) in [6, 6.07) is 29.0. The number of hydrogen-bond donors (Lipinski definition) is 2. The molecule has 240 valence electrons. The SMILES string of the molecule is COc1ccc(COC[C@@H](C/C(=C\CO[Si](c2ccccc2)(c2ccccc2)C(C)(C)C)CC(O)CO)O[Si](C)(C)C)cc1. The van der Waals surface area contributed by atoms with Crippen molar-refractivity contribution in [2.24, 2.45) is 0 Å². The second kappa shape index (κ2) is 16.7. The van der Waals surface area contributed by atoms with Crippen LogP contribution in [0.3, 0.4) is 0 Å². The lowest BCUT2D eigenvalue weighted by atomic mass is 10.0. The average molecular weight is 637 g/mol. The lowest BCUT2D eigenvalue weighted by Gasteiger charge is -2.43. The van der Waals surface area contributed by atoms with Crippen LogP contribution in [0.5, 0.6) is 5.75 Å². The number of hydrogen-bond acceptors (Lipinski definition) is 6. The molecule has 0 aliphatic carbocycles. The maximum atomic E-state index is 10.5. The van der Waals surface area contributed by atoms with Crippen LogP contribution < -0.4 is 15.1 Å². The van der Waals surface area contributed by atoms with Gasteiger partial charge in [0.25, 0.3) is 8.32 Å². The molecule has 2 N–H and O–H groups in total. The highest BCUT2D eigenvalue weighted by molar-refractivity contribution is 6.99. The molecule has 0 amide bonds. The summed E-state index contributed by atoms with van der Waals surface area (Å²) < 4.78 is 25.1. The van der Waals surface area contributed by atoms with E-state index in [1.165, 1.54) is 10.4 Å². The number of aliphatic hydroxyl groups is 2. The second-order valence-corrected chi connectivity index (χ2v) is 22.1. The minimum Gasteiger partial charge on any atom is -0.497 e. The molecule has 0 aliphatic heterocycles. The van der Waals surface area contributed by atoms with Crippen LogP contribution in [0.25, 0.3) is 0 Å². The normalized spacial score (nSPS) is 14.3. The molecule has 8 heteroatoms. The molecule has 0 aliphatic rings. The molecule has 0 bridgehead atoms. The number of ether oxygens (including phenoxy) is 2. The molecule has 0 heterocycles. The predicted octanol–water partition coefficient (Wildman–Crippen LogP) is 6.07. The van der Waals surface area contributed by atoms with Crippen LogP contribution in [0, 0.1) is 0 Å². The summed E-state index contributed by atoms with van der Waals surface area (Å²) in [6.07, 6.45) is 1.95. The highest BCUT2D eigenvalue weighted by Gasteiger charge is 2.49. The van der Waals surface area contributed by atoms with Crippen molar-refractivity contribution in [3.8, 4) is 5.75 Å². The highest BCUT2D eigenvalue weighted by atomic mass is 28.4. The third-order valence-corrected chi connectivity index (χ3v) is 13.6. The molecule has 0 saturated carbocycles. The van der Waals surface area contributed by atoms with Crippen LogP contribution in [0.15, 0.2) is 96.6 Å². The molecule has 44 heavy (non-hydrogen) atoms. The van der Waals surface area contributed by atoms with Crippen molar-refractivity contribution >= 4 is 27.0 Å². The van der Waals surface area contributed by atoms with Crippen molar-refractivity contribution in [3.63, 3.8) is 0 Å². The van der Waals surface area contributed by atoms with Gasteiger partial charge >= 0.3 is 0 Å². The van der Waals surface area contributed by atoms with Crippen molar-refractivity contribution in [3.05, 3.63) is 102 Å². The third kappa shape index (κ3) is 10.5. The molecule has 6 nitrogen and oxygen atoms in total. The van der Waals surface area contributed by atoms with E-state index in [4.69, 9.17) is 18.3 Å². The summed E-state index contributed by atoms with van der Waals surface area (Å²) in [5.74, 6) is 0.811. The maximum Gasteiger partial charge on any atom is 0.261 e. The van der Waals surface area contributed by atoms with Gasteiger partial charge in [0, 0.05) is 0 Å². The van der Waals surface area contributed by atoms with E-state index >= 15 is 0 Å². The van der Waals surface area contributed by atoms with Crippen molar-refractivity contribution in [1.29, 1.82) is 0 Å². The Labute approximate surface area is 266 Å². The molecule has 3 aromatic rings. The van der Waals surface area contributed by atoms with Gasteiger partial charge in [-0.3, -0.25) is 0 Å². The zero-order chi connectivity index (χ0) is 32.2. The first-order valence-corrected chi connectivity index (χ1v) is 20.8. The quantitative estimate of drug-likeness (QED) is 0.138. The van der Waals surface area contributed by atoms with E-state index < -0.39 is 22.7 Å². The fourth-order valence-electron chi connectivity index (χ4n) is 5.62. The molecule has 0 aromatic heterocycles. The van der Waals surface area contributed by atoms with Crippen LogP contribution >= 0.6 is 0 Å². The molecule has 0 fully saturated rings. The van der Waals surface area contributed by atoms with Gasteiger partial charge in [0.05, 0.1) is 45.7 Å². The van der Waals surface area contributed by atoms with Crippen molar-refractivity contribution in [2.45, 2.75) is 77.1 Å². The first-order valence-electron chi connectivity index (χ1n) is 15.5. The fourth-order valence-corrected chi connectivity index (χ4v) is 11.3. The van der Waals surface area contributed by atoms with Gasteiger partial charge in [0.15, 0.2) is 8.32 Å². The van der Waals surface area contributed by atoms with Crippen LogP contribution in [-0.2, 0) is 20.2 Å². The van der Waals surface area contributed by atoms with E-state index in [1.54, 1.807) is 7.11 Å². The molecule has 0 radical (unpaired) electrons. The van der Waals surface area contributed by atoms with Gasteiger partial charge in [-0.05, 0) is 65.6 Å². The standard InChI is InChI=1S/C36H52O6Si2/c1-36(2,3)44(34-14-10-8-11-15-34,35-16-12-9-13-17-35)41-23-22-30(24-31(38)26-37)25-33(42-43(5,6)7)28-40-27-29-18-20-32(39-4)21-19-29/h8-22,31,33,37-38H,23-28H2,1-7H3/b30-22-/t31?,33-/m1/s1. The molecule has 0 spiro atoms. The molecule has 3 rings (SSSR count). The maximum absolute atomic E-state index is 10.5. The van der Waals surface area contributed by atoms with Crippen molar-refractivity contribution in [2.75, 3.05) is 26.9 Å². The van der Waals surface area contributed by atoms with Crippen LogP contribution in [0.1, 0.15) is 39.2 Å². The Morgan fingerprint density at radius 1 is 0.841 bits per heavy atom. The van der Waals surface area contributed by atoms with Crippen molar-refractivity contribution in [1.82, 2.24) is 0 Å². The number of benzene rings is 3. The number of methoxy groups -OCH3 is 1. The Morgan fingerprint density at radius 2 is 1.41 bits per heavy atom. The summed E-state index contributed by atoms with van der Waals surface area (Å²) in [6.45, 7) is 14.2. The molecule has 2 atom stereocenters. The lowest BCUT2D eigenvalue weighted by molar-refractivity contribution is 0.0356. The first-order chi connectivity index (χ1) is 20.9. The molecule has 1 unspecified atom stereocenters. The summed E-state index contributed by atoms with van der Waals surface area (Å²) in [7, 11) is -2.98. The second-order valence-electron chi connectivity index (χ2n) is 13.3. The van der Waals surface area contributed by atoms with Gasteiger partial charge < -0.3 is 28.5 Å². The Morgan fingerprint density at radius 3 is 1.89 bits per heavy atom. The van der Waals surface area contributed by atoms with E-state index in [2.05, 4.69) is 95.0 Å². The Bertz CT molecular complexity index is 1230. The highest BCUT2D eigenvalue weighted by Crippen LogP contribution is 2.37. The Kier molecular flexibility index (Phi) is 13.6. The van der Waals surface area contributed by atoms with Gasteiger partial charge in [-0.2, -0.15) is 0 Å². The Hall–Kier alpha value is -2.57. The topological polar surface area (TPSA) is 77.4 Å². The lowest BCUT2D eigenvalue weighted by Crippen LogP contribution is -2.66. The summed E-state index contributed by atoms with van der Waals surface area (Å²) in [4.78, 5) is 0. The largest absolute Gasteiger partial charge is 0.497 e. The van der Waals surface area contributed by atoms with Gasteiger partial charge in [-0.1, -0.05) is 105 Å². The molecule has 3 aromatic carbocycles. The van der Waals surface area contributed by atoms with E-state index in [0.717, 1.165) is 16.9 Å². The summed E-state index contributed by atoms with van der Waals surface area (Å²) in [5.41, 5.74) is 2.04. The summed E-state index contributed by atoms with van der Waals surface area (Å²) >= 11 is 0. The van der Waals surface area contributed by atoms with Gasteiger partial charge in [0.1, 0.15) is 5.75 Å². The van der Waals surface area contributed by atoms with Gasteiger partial charge in [-0.25, -0.2) is 0 Å². The monoisotopic (exact) mass is 636 g/mol. The molecular formula is C36H52O6Si2. The molecule has 0 saturated heterocycles. The van der Waals surface area contributed by atoms with Crippen LogP contribution in [-0.4, -0.2) is 66.0 Å². The number of aliphatic hydroxyl groups excluding tert-OH is 2. The van der Waals surface area contributed by atoms with E-state index in [0.29, 0.717) is 32.7 Å². The minimum atomic E-state index is -2.72. The minimum absolute atomic E-state index is 0.146. The molecular weight excluding hydrogens is 585 g/mol. The van der Waals surface area contributed by atoms with E-state index in [-0.39, 0.29) is 17.7 Å². The van der Waals surface area contributed by atoms with Crippen LogP contribution in [0.2, 0.25) is 24.7 Å².